The maximum Gasteiger partial charge on any atom is 0.319 e. The summed E-state index contributed by atoms with van der Waals surface area (Å²) in [5, 5.41) is 5.38. The molecule has 6 nitrogen and oxygen atoms in total. The molecule has 0 heterocycles. The van der Waals surface area contributed by atoms with Crippen LogP contribution in [0.4, 0.5) is 10.5 Å². The maximum atomic E-state index is 12.2. The van der Waals surface area contributed by atoms with E-state index in [1.165, 1.54) is 12.1 Å². The minimum atomic E-state index is -3.88. The van der Waals surface area contributed by atoms with E-state index in [1.54, 1.807) is 50.2 Å². The van der Waals surface area contributed by atoms with Crippen molar-refractivity contribution in [2.45, 2.75) is 31.2 Å². The summed E-state index contributed by atoms with van der Waals surface area (Å²) in [5.41, 5.74) is 0.721. The Morgan fingerprint density at radius 1 is 1.04 bits per heavy atom. The zero-order valence-electron chi connectivity index (χ0n) is 14.4. The number of nitrogens with one attached hydrogen (secondary N) is 2. The van der Waals surface area contributed by atoms with Crippen molar-refractivity contribution in [1.82, 2.24) is 5.32 Å². The Morgan fingerprint density at radius 2 is 1.64 bits per heavy atom. The molecular weight excluding hydrogens is 340 g/mol. The Bertz CT molecular complexity index is 816. The monoisotopic (exact) mass is 362 g/mol. The van der Waals surface area contributed by atoms with E-state index < -0.39 is 21.7 Å². The standard InChI is InChI=1S/C18H22N2O4S/c1-14-9-11-16(12-10-14)25(22,23)24-13-18(2,3)20-17(21)19-15-7-5-4-6-8-15/h4-12H,13H2,1-3H3,(H2,19,20,21). The largest absolute Gasteiger partial charge is 0.331 e. The van der Waals surface area contributed by atoms with Gasteiger partial charge in [0.05, 0.1) is 17.0 Å². The molecule has 0 radical (unpaired) electrons. The van der Waals surface area contributed by atoms with Crippen LogP contribution in [0.1, 0.15) is 19.4 Å². The van der Waals surface area contributed by atoms with Crippen LogP contribution in [0.5, 0.6) is 0 Å². The molecule has 25 heavy (non-hydrogen) atoms. The van der Waals surface area contributed by atoms with Gasteiger partial charge in [0.1, 0.15) is 0 Å². The van der Waals surface area contributed by atoms with Gasteiger partial charge in [-0.3, -0.25) is 4.18 Å². The van der Waals surface area contributed by atoms with Crippen LogP contribution in [-0.4, -0.2) is 26.6 Å². The van der Waals surface area contributed by atoms with Gasteiger partial charge in [-0.05, 0) is 45.0 Å². The van der Waals surface area contributed by atoms with Crippen molar-refractivity contribution in [2.75, 3.05) is 11.9 Å². The summed E-state index contributed by atoms with van der Waals surface area (Å²) in [6, 6.07) is 14.9. The Kier molecular flexibility index (Phi) is 5.81. The average Bonchev–Trinajstić information content (AvgIpc) is 2.54. The highest BCUT2D eigenvalue weighted by Gasteiger charge is 2.25. The van der Waals surface area contributed by atoms with Crippen molar-refractivity contribution >= 4 is 21.8 Å². The molecule has 0 aliphatic heterocycles. The third kappa shape index (κ3) is 5.88. The first-order chi connectivity index (χ1) is 11.7. The highest BCUT2D eigenvalue weighted by molar-refractivity contribution is 7.86. The van der Waals surface area contributed by atoms with Crippen molar-refractivity contribution in [3.05, 3.63) is 60.2 Å². The molecule has 0 saturated carbocycles. The van der Waals surface area contributed by atoms with Crippen LogP contribution in [0.2, 0.25) is 0 Å². The number of carbonyl (C=O) groups is 1. The number of aryl methyl sites for hydroxylation is 1. The SMILES string of the molecule is Cc1ccc(S(=O)(=O)OCC(C)(C)NC(=O)Nc2ccccc2)cc1. The van der Waals surface area contributed by atoms with Crippen molar-refractivity contribution in [3.8, 4) is 0 Å². The van der Waals surface area contributed by atoms with E-state index in [1.807, 2.05) is 13.0 Å². The second-order valence-corrected chi connectivity index (χ2v) is 7.97. The number of para-hydroxylation sites is 1. The fraction of sp³-hybridized carbons (Fsp3) is 0.278. The highest BCUT2D eigenvalue weighted by atomic mass is 32.2. The van der Waals surface area contributed by atoms with E-state index in [4.69, 9.17) is 4.18 Å². The van der Waals surface area contributed by atoms with Crippen LogP contribution in [0, 0.1) is 6.92 Å². The van der Waals surface area contributed by atoms with Crippen molar-refractivity contribution in [2.24, 2.45) is 0 Å². The molecule has 0 unspecified atom stereocenters. The number of anilines is 1. The van der Waals surface area contributed by atoms with Crippen molar-refractivity contribution < 1.29 is 17.4 Å². The molecule has 0 aliphatic carbocycles. The molecule has 0 atom stereocenters. The Labute approximate surface area is 148 Å². The second kappa shape index (κ2) is 7.67. The van der Waals surface area contributed by atoms with Gasteiger partial charge in [-0.1, -0.05) is 35.9 Å². The molecule has 134 valence electrons. The number of urea groups is 1. The van der Waals surface area contributed by atoms with E-state index in [0.717, 1.165) is 5.56 Å². The zero-order valence-corrected chi connectivity index (χ0v) is 15.3. The summed E-state index contributed by atoms with van der Waals surface area (Å²) in [6.07, 6.45) is 0. The van der Waals surface area contributed by atoms with E-state index in [2.05, 4.69) is 10.6 Å². The van der Waals surface area contributed by atoms with Gasteiger partial charge < -0.3 is 10.6 Å². The lowest BCUT2D eigenvalue weighted by molar-refractivity contribution is 0.205. The fourth-order valence-electron chi connectivity index (χ4n) is 2.03. The molecule has 0 fully saturated rings. The van der Waals surface area contributed by atoms with Gasteiger partial charge >= 0.3 is 6.03 Å². The first-order valence-corrected chi connectivity index (χ1v) is 9.19. The predicted octanol–water partition coefficient (Wildman–Crippen LogP) is 3.30. The van der Waals surface area contributed by atoms with Crippen LogP contribution in [-0.2, 0) is 14.3 Å². The van der Waals surface area contributed by atoms with Gasteiger partial charge in [0.2, 0.25) is 0 Å². The lowest BCUT2D eigenvalue weighted by Crippen LogP contribution is -2.49. The summed E-state index contributed by atoms with van der Waals surface area (Å²) in [4.78, 5) is 12.1. The minimum absolute atomic E-state index is 0.0858. The third-order valence-electron chi connectivity index (χ3n) is 3.37. The zero-order chi connectivity index (χ0) is 18.5. The summed E-state index contributed by atoms with van der Waals surface area (Å²) in [6.45, 7) is 5.05. The smallest absolute Gasteiger partial charge is 0.319 e. The second-order valence-electron chi connectivity index (χ2n) is 6.36. The molecule has 0 bridgehead atoms. The average molecular weight is 362 g/mol. The summed E-state index contributed by atoms with van der Waals surface area (Å²) in [7, 11) is -3.88. The van der Waals surface area contributed by atoms with E-state index in [0.29, 0.717) is 5.69 Å². The number of hydrogen-bond acceptors (Lipinski definition) is 4. The van der Waals surface area contributed by atoms with E-state index in [9.17, 15) is 13.2 Å². The normalized spacial score (nSPS) is 11.8. The Morgan fingerprint density at radius 3 is 2.24 bits per heavy atom. The summed E-state index contributed by atoms with van der Waals surface area (Å²) < 4.78 is 29.5. The molecule has 0 aliphatic rings. The molecular formula is C18H22N2O4S. The third-order valence-corrected chi connectivity index (χ3v) is 4.65. The molecule has 2 N–H and O–H groups in total. The number of hydrogen-bond donors (Lipinski definition) is 2. The molecule has 0 saturated heterocycles. The van der Waals surface area contributed by atoms with Crippen LogP contribution in [0.25, 0.3) is 0 Å². The fourth-order valence-corrected chi connectivity index (χ4v) is 3.08. The first-order valence-electron chi connectivity index (χ1n) is 7.78. The quantitative estimate of drug-likeness (QED) is 0.772. The Hall–Kier alpha value is -2.38. The molecule has 2 rings (SSSR count). The topological polar surface area (TPSA) is 84.5 Å². The van der Waals surface area contributed by atoms with Crippen LogP contribution >= 0.6 is 0 Å². The van der Waals surface area contributed by atoms with Crippen LogP contribution < -0.4 is 10.6 Å². The number of benzene rings is 2. The lowest BCUT2D eigenvalue weighted by Gasteiger charge is -2.25. The summed E-state index contributed by atoms with van der Waals surface area (Å²) >= 11 is 0. The van der Waals surface area contributed by atoms with Gasteiger partial charge in [0, 0.05) is 5.69 Å². The van der Waals surface area contributed by atoms with Gasteiger partial charge in [0.25, 0.3) is 10.1 Å². The first kappa shape index (κ1) is 19.0. The van der Waals surface area contributed by atoms with E-state index in [-0.39, 0.29) is 11.5 Å². The maximum absolute atomic E-state index is 12.2. The molecule has 2 aromatic rings. The summed E-state index contributed by atoms with van der Waals surface area (Å²) in [5.74, 6) is 0. The number of carbonyl (C=O) groups excluding carboxylic acids is 1. The Balaban J connectivity index is 1.94. The van der Waals surface area contributed by atoms with Gasteiger partial charge in [-0.25, -0.2) is 4.79 Å². The molecule has 0 aromatic heterocycles. The number of amides is 2. The molecule has 7 heteroatoms. The van der Waals surface area contributed by atoms with Crippen molar-refractivity contribution in [3.63, 3.8) is 0 Å². The van der Waals surface area contributed by atoms with E-state index >= 15 is 0 Å². The van der Waals surface area contributed by atoms with Crippen LogP contribution in [0.3, 0.4) is 0 Å². The predicted molar refractivity (Wildman–Crippen MR) is 97.0 cm³/mol. The van der Waals surface area contributed by atoms with Crippen molar-refractivity contribution in [1.29, 1.82) is 0 Å². The minimum Gasteiger partial charge on any atom is -0.331 e. The van der Waals surface area contributed by atoms with Gasteiger partial charge in [-0.2, -0.15) is 8.42 Å². The lowest BCUT2D eigenvalue weighted by atomic mass is 10.1. The van der Waals surface area contributed by atoms with Crippen LogP contribution in [0.15, 0.2) is 59.5 Å². The van der Waals surface area contributed by atoms with Gasteiger partial charge in [-0.15, -0.1) is 0 Å². The molecule has 2 amide bonds. The number of rotatable bonds is 6. The highest BCUT2D eigenvalue weighted by Crippen LogP contribution is 2.16. The molecule has 0 spiro atoms. The van der Waals surface area contributed by atoms with Gasteiger partial charge in [0.15, 0.2) is 0 Å². The molecule has 2 aromatic carbocycles.